The van der Waals surface area contributed by atoms with Crippen LogP contribution in [-0.2, 0) is 6.42 Å². The number of ether oxygens (including phenoxy) is 1. The maximum Gasteiger partial charge on any atom is 0.259 e. The van der Waals surface area contributed by atoms with Gasteiger partial charge in [-0.1, -0.05) is 25.5 Å². The monoisotopic (exact) mass is 375 g/mol. The number of aryl methyl sites for hydroxylation is 2. The Balaban J connectivity index is 1.63. The summed E-state index contributed by atoms with van der Waals surface area (Å²) in [7, 11) is 0. The van der Waals surface area contributed by atoms with E-state index in [2.05, 4.69) is 29.4 Å². The molecule has 1 aromatic heterocycles. The van der Waals surface area contributed by atoms with Crippen LogP contribution >= 0.6 is 0 Å². The second-order valence-corrected chi connectivity index (χ2v) is 6.72. The SMILES string of the molecule is CCCCc1ccc(Oc2ccc(NC(=O)c3c(C)ccnc3N)cc2)cc1. The van der Waals surface area contributed by atoms with Gasteiger partial charge in [0.15, 0.2) is 0 Å². The van der Waals surface area contributed by atoms with Crippen LogP contribution in [-0.4, -0.2) is 10.9 Å². The standard InChI is InChI=1S/C23H25N3O2/c1-3-4-5-17-6-10-19(11-7-17)28-20-12-8-18(9-13-20)26-23(27)21-16(2)14-15-25-22(21)24/h6-15H,3-5H2,1-2H3,(H2,24,25)(H,26,27). The molecule has 0 atom stereocenters. The Morgan fingerprint density at radius 3 is 2.29 bits per heavy atom. The molecule has 0 saturated carbocycles. The van der Waals surface area contributed by atoms with Crippen molar-refractivity contribution < 1.29 is 9.53 Å². The van der Waals surface area contributed by atoms with Crippen molar-refractivity contribution in [2.45, 2.75) is 33.1 Å². The minimum Gasteiger partial charge on any atom is -0.457 e. The predicted octanol–water partition coefficient (Wildman–Crippen LogP) is 5.36. The van der Waals surface area contributed by atoms with E-state index in [1.807, 2.05) is 31.2 Å². The predicted molar refractivity (Wildman–Crippen MR) is 113 cm³/mol. The molecule has 0 aliphatic carbocycles. The van der Waals surface area contributed by atoms with E-state index in [-0.39, 0.29) is 11.7 Å². The van der Waals surface area contributed by atoms with Gasteiger partial charge >= 0.3 is 0 Å². The summed E-state index contributed by atoms with van der Waals surface area (Å²) in [5, 5.41) is 2.84. The number of carbonyl (C=O) groups is 1. The van der Waals surface area contributed by atoms with Gasteiger partial charge in [-0.15, -0.1) is 0 Å². The van der Waals surface area contributed by atoms with Gasteiger partial charge in [0, 0.05) is 11.9 Å². The highest BCUT2D eigenvalue weighted by Gasteiger charge is 2.13. The highest BCUT2D eigenvalue weighted by molar-refractivity contribution is 6.08. The van der Waals surface area contributed by atoms with Crippen molar-refractivity contribution in [2.24, 2.45) is 0 Å². The molecule has 3 rings (SSSR count). The molecule has 5 nitrogen and oxygen atoms in total. The summed E-state index contributed by atoms with van der Waals surface area (Å²) in [6, 6.07) is 17.1. The number of hydrogen-bond donors (Lipinski definition) is 2. The molecule has 0 fully saturated rings. The van der Waals surface area contributed by atoms with Gasteiger partial charge in [-0.3, -0.25) is 4.79 Å². The molecule has 1 heterocycles. The van der Waals surface area contributed by atoms with Crippen LogP contribution in [0.3, 0.4) is 0 Å². The molecule has 3 aromatic rings. The molecule has 28 heavy (non-hydrogen) atoms. The molecule has 3 N–H and O–H groups in total. The molecule has 0 spiro atoms. The smallest absolute Gasteiger partial charge is 0.259 e. The third-order valence-corrected chi connectivity index (χ3v) is 4.51. The van der Waals surface area contributed by atoms with Gasteiger partial charge in [0.1, 0.15) is 17.3 Å². The molecular weight excluding hydrogens is 350 g/mol. The molecule has 0 saturated heterocycles. The van der Waals surface area contributed by atoms with Gasteiger partial charge in [-0.25, -0.2) is 4.98 Å². The summed E-state index contributed by atoms with van der Waals surface area (Å²) in [6.07, 6.45) is 5.06. The minimum absolute atomic E-state index is 0.222. The van der Waals surface area contributed by atoms with Crippen LogP contribution in [0.15, 0.2) is 60.8 Å². The lowest BCUT2D eigenvalue weighted by Crippen LogP contribution is -2.16. The van der Waals surface area contributed by atoms with Crippen LogP contribution in [0.25, 0.3) is 0 Å². The second kappa shape index (κ2) is 9.04. The van der Waals surface area contributed by atoms with Gasteiger partial charge in [-0.2, -0.15) is 0 Å². The number of amides is 1. The molecule has 0 aliphatic rings. The highest BCUT2D eigenvalue weighted by atomic mass is 16.5. The summed E-state index contributed by atoms with van der Waals surface area (Å²) >= 11 is 0. The summed E-state index contributed by atoms with van der Waals surface area (Å²) in [5.41, 5.74) is 8.99. The number of benzene rings is 2. The van der Waals surface area contributed by atoms with E-state index in [1.54, 1.807) is 24.4 Å². The van der Waals surface area contributed by atoms with E-state index in [9.17, 15) is 4.79 Å². The highest BCUT2D eigenvalue weighted by Crippen LogP contribution is 2.24. The van der Waals surface area contributed by atoms with Crippen molar-refractivity contribution in [1.29, 1.82) is 0 Å². The average Bonchev–Trinajstić information content (AvgIpc) is 2.69. The van der Waals surface area contributed by atoms with E-state index in [1.165, 1.54) is 18.4 Å². The van der Waals surface area contributed by atoms with Crippen LogP contribution in [0.5, 0.6) is 11.5 Å². The number of unbranched alkanes of at least 4 members (excludes halogenated alkanes) is 1. The van der Waals surface area contributed by atoms with E-state index >= 15 is 0 Å². The maximum atomic E-state index is 12.5. The topological polar surface area (TPSA) is 77.2 Å². The van der Waals surface area contributed by atoms with E-state index in [4.69, 9.17) is 10.5 Å². The van der Waals surface area contributed by atoms with E-state index in [0.717, 1.165) is 17.7 Å². The minimum atomic E-state index is -0.278. The van der Waals surface area contributed by atoms with E-state index < -0.39 is 0 Å². The van der Waals surface area contributed by atoms with Crippen molar-refractivity contribution in [2.75, 3.05) is 11.1 Å². The molecule has 0 bridgehead atoms. The summed E-state index contributed by atoms with van der Waals surface area (Å²) in [5.74, 6) is 1.44. The number of nitrogens with zero attached hydrogens (tertiary/aromatic N) is 1. The first-order valence-corrected chi connectivity index (χ1v) is 9.46. The number of nitrogens with one attached hydrogen (secondary N) is 1. The number of anilines is 2. The van der Waals surface area contributed by atoms with Crippen LogP contribution in [0.2, 0.25) is 0 Å². The number of aromatic nitrogens is 1. The third-order valence-electron chi connectivity index (χ3n) is 4.51. The van der Waals surface area contributed by atoms with Gasteiger partial charge in [0.25, 0.3) is 5.91 Å². The summed E-state index contributed by atoms with van der Waals surface area (Å²) in [6.45, 7) is 4.02. The van der Waals surface area contributed by atoms with Crippen LogP contribution in [0.4, 0.5) is 11.5 Å². The fraction of sp³-hybridized carbons (Fsp3) is 0.217. The Hall–Kier alpha value is -3.34. The molecular formula is C23H25N3O2. The number of carbonyl (C=O) groups excluding carboxylic acids is 1. The molecule has 5 heteroatoms. The van der Waals surface area contributed by atoms with Crippen molar-refractivity contribution in [3.8, 4) is 11.5 Å². The first kappa shape index (κ1) is 19.4. The number of pyridine rings is 1. The third kappa shape index (κ3) is 4.88. The zero-order valence-electron chi connectivity index (χ0n) is 16.2. The number of nitrogen functional groups attached to an aromatic ring is 1. The summed E-state index contributed by atoms with van der Waals surface area (Å²) < 4.78 is 5.88. The number of hydrogen-bond acceptors (Lipinski definition) is 4. The summed E-state index contributed by atoms with van der Waals surface area (Å²) in [4.78, 5) is 16.5. The average molecular weight is 375 g/mol. The lowest BCUT2D eigenvalue weighted by molar-refractivity contribution is 0.102. The fourth-order valence-electron chi connectivity index (χ4n) is 2.92. The Morgan fingerprint density at radius 1 is 1.04 bits per heavy atom. The lowest BCUT2D eigenvalue weighted by atomic mass is 10.1. The van der Waals surface area contributed by atoms with Gasteiger partial charge in [0.05, 0.1) is 5.56 Å². The fourth-order valence-corrected chi connectivity index (χ4v) is 2.92. The first-order valence-electron chi connectivity index (χ1n) is 9.46. The second-order valence-electron chi connectivity index (χ2n) is 6.72. The zero-order valence-corrected chi connectivity index (χ0v) is 16.2. The normalized spacial score (nSPS) is 10.5. The van der Waals surface area contributed by atoms with Gasteiger partial charge in [-0.05, 0) is 73.4 Å². The van der Waals surface area contributed by atoms with Crippen LogP contribution in [0.1, 0.15) is 41.3 Å². The number of nitrogens with two attached hydrogens (primary N) is 1. The molecule has 2 aromatic carbocycles. The molecule has 144 valence electrons. The Kier molecular flexibility index (Phi) is 6.27. The Bertz CT molecular complexity index is 915. The van der Waals surface area contributed by atoms with Crippen molar-refractivity contribution in [3.63, 3.8) is 0 Å². The van der Waals surface area contributed by atoms with Crippen molar-refractivity contribution in [3.05, 3.63) is 77.5 Å². The van der Waals surface area contributed by atoms with Crippen molar-refractivity contribution >= 4 is 17.4 Å². The molecule has 0 radical (unpaired) electrons. The van der Waals surface area contributed by atoms with Gasteiger partial charge in [0.2, 0.25) is 0 Å². The quantitative estimate of drug-likeness (QED) is 0.583. The first-order chi connectivity index (χ1) is 13.6. The van der Waals surface area contributed by atoms with Crippen LogP contribution in [0, 0.1) is 6.92 Å². The van der Waals surface area contributed by atoms with Gasteiger partial charge < -0.3 is 15.8 Å². The Morgan fingerprint density at radius 2 is 1.68 bits per heavy atom. The van der Waals surface area contributed by atoms with Crippen LogP contribution < -0.4 is 15.8 Å². The molecule has 0 unspecified atom stereocenters. The maximum absolute atomic E-state index is 12.5. The molecule has 0 aliphatic heterocycles. The number of rotatable bonds is 7. The van der Waals surface area contributed by atoms with E-state index in [0.29, 0.717) is 17.0 Å². The van der Waals surface area contributed by atoms with Crippen molar-refractivity contribution in [1.82, 2.24) is 4.98 Å². The molecule has 1 amide bonds. The lowest BCUT2D eigenvalue weighted by Gasteiger charge is -2.11. The largest absolute Gasteiger partial charge is 0.457 e. The zero-order chi connectivity index (χ0) is 19.9. The Labute approximate surface area is 165 Å².